The Morgan fingerprint density at radius 3 is 2.62 bits per heavy atom. The Hall–Kier alpha value is -0.650. The quantitative estimate of drug-likeness (QED) is 0.578. The average Bonchev–Trinajstić information content (AvgIpc) is 3.25. The number of aliphatic carboxylic acids is 1. The number of ether oxygens (including phenoxy) is 1. The van der Waals surface area contributed by atoms with E-state index in [1.54, 1.807) is 7.11 Å². The number of methoxy groups -OCH3 is 1. The average molecular weight is 300 g/mol. The van der Waals surface area contributed by atoms with Crippen molar-refractivity contribution >= 4 is 5.97 Å². The Labute approximate surface area is 129 Å². The number of carboxylic acid groups (broad SMARTS) is 1. The molecule has 0 aromatic heterocycles. The Kier molecular flexibility index (Phi) is 7.63. The molecule has 0 aromatic rings. The number of carboxylic acids is 1. The molecule has 1 aliphatic rings. The highest BCUT2D eigenvalue weighted by Crippen LogP contribution is 2.25. The number of carbonyl (C=O) groups is 1. The third kappa shape index (κ3) is 6.32. The van der Waals surface area contributed by atoms with Gasteiger partial charge < -0.3 is 9.84 Å². The first kappa shape index (κ1) is 18.4. The molecule has 0 saturated heterocycles. The number of nitrogens with zero attached hydrogens (tertiary/aromatic N) is 1. The normalized spacial score (nSPS) is 19.5. The lowest BCUT2D eigenvalue weighted by atomic mass is 9.95. The maximum atomic E-state index is 11.5. The first-order valence-electron chi connectivity index (χ1n) is 8.17. The summed E-state index contributed by atoms with van der Waals surface area (Å²) < 4.78 is 5.17. The molecular formula is C16H32N2O3. The second-order valence-corrected chi connectivity index (χ2v) is 6.45. The largest absolute Gasteiger partial charge is 0.480 e. The predicted molar refractivity (Wildman–Crippen MR) is 84.6 cm³/mol. The minimum absolute atomic E-state index is 0.408. The van der Waals surface area contributed by atoms with Crippen LogP contribution in [0.3, 0.4) is 0 Å². The minimum Gasteiger partial charge on any atom is -0.480 e. The smallest absolute Gasteiger partial charge is 0.323 e. The van der Waals surface area contributed by atoms with Crippen LogP contribution < -0.4 is 5.32 Å². The van der Waals surface area contributed by atoms with Gasteiger partial charge in [0.15, 0.2) is 0 Å². The van der Waals surface area contributed by atoms with Crippen LogP contribution in [0, 0.1) is 0 Å². The molecule has 1 aliphatic carbocycles. The molecule has 1 saturated carbocycles. The minimum atomic E-state index is -0.788. The molecule has 5 heteroatoms. The van der Waals surface area contributed by atoms with Crippen LogP contribution in [0.1, 0.15) is 52.9 Å². The van der Waals surface area contributed by atoms with E-state index in [-0.39, 0.29) is 0 Å². The summed E-state index contributed by atoms with van der Waals surface area (Å²) in [4.78, 5) is 13.9. The molecule has 0 bridgehead atoms. The molecule has 2 atom stereocenters. The molecule has 1 rings (SSSR count). The van der Waals surface area contributed by atoms with Gasteiger partial charge >= 0.3 is 5.97 Å². The zero-order chi connectivity index (χ0) is 15.9. The van der Waals surface area contributed by atoms with Crippen molar-refractivity contribution in [3.8, 4) is 0 Å². The summed E-state index contributed by atoms with van der Waals surface area (Å²) in [7, 11) is 1.72. The van der Waals surface area contributed by atoms with Crippen molar-refractivity contribution in [2.45, 2.75) is 70.5 Å². The SMILES string of the molecule is CCC(C)N(CCCC(C)(NC1CC1)C(=O)O)CCOC. The van der Waals surface area contributed by atoms with Gasteiger partial charge in [-0.15, -0.1) is 0 Å². The van der Waals surface area contributed by atoms with Crippen LogP contribution in [0.5, 0.6) is 0 Å². The second kappa shape index (κ2) is 8.71. The lowest BCUT2D eigenvalue weighted by Crippen LogP contribution is -2.51. The summed E-state index contributed by atoms with van der Waals surface area (Å²) in [6.07, 6.45) is 4.86. The molecule has 0 amide bonds. The van der Waals surface area contributed by atoms with Gasteiger partial charge in [-0.1, -0.05) is 6.92 Å². The maximum Gasteiger partial charge on any atom is 0.323 e. The van der Waals surface area contributed by atoms with Crippen molar-refractivity contribution in [3.63, 3.8) is 0 Å². The highest BCUT2D eigenvalue weighted by atomic mass is 16.5. The highest BCUT2D eigenvalue weighted by Gasteiger charge is 2.38. The van der Waals surface area contributed by atoms with Crippen LogP contribution in [-0.4, -0.2) is 60.4 Å². The van der Waals surface area contributed by atoms with Gasteiger partial charge in [0.1, 0.15) is 5.54 Å². The standard InChI is InChI=1S/C16H32N2O3/c1-5-13(2)18(11-12-21-4)10-6-9-16(3,15(19)20)17-14-7-8-14/h13-14,17H,5-12H2,1-4H3,(H,19,20). The van der Waals surface area contributed by atoms with Gasteiger partial charge in [-0.3, -0.25) is 15.0 Å². The molecule has 0 aromatic carbocycles. The lowest BCUT2D eigenvalue weighted by Gasteiger charge is -2.31. The predicted octanol–water partition coefficient (Wildman–Crippen LogP) is 2.11. The molecule has 0 radical (unpaired) electrons. The summed E-state index contributed by atoms with van der Waals surface area (Å²) >= 11 is 0. The fraction of sp³-hybridized carbons (Fsp3) is 0.938. The number of rotatable bonds is 12. The zero-order valence-corrected chi connectivity index (χ0v) is 14.0. The third-order valence-corrected chi connectivity index (χ3v) is 4.49. The fourth-order valence-electron chi connectivity index (χ4n) is 2.57. The fourth-order valence-corrected chi connectivity index (χ4v) is 2.57. The van der Waals surface area contributed by atoms with Crippen LogP contribution in [0.2, 0.25) is 0 Å². The number of hydrogen-bond donors (Lipinski definition) is 2. The van der Waals surface area contributed by atoms with Gasteiger partial charge in [-0.2, -0.15) is 0 Å². The lowest BCUT2D eigenvalue weighted by molar-refractivity contribution is -0.144. The highest BCUT2D eigenvalue weighted by molar-refractivity contribution is 5.78. The number of nitrogens with one attached hydrogen (secondary N) is 1. The van der Waals surface area contributed by atoms with Gasteiger partial charge in [-0.25, -0.2) is 0 Å². The molecular weight excluding hydrogens is 268 g/mol. The van der Waals surface area contributed by atoms with E-state index in [1.807, 2.05) is 6.92 Å². The monoisotopic (exact) mass is 300 g/mol. The molecule has 0 heterocycles. The van der Waals surface area contributed by atoms with Gasteiger partial charge in [0, 0.05) is 25.7 Å². The molecule has 5 nitrogen and oxygen atoms in total. The third-order valence-electron chi connectivity index (χ3n) is 4.49. The van der Waals surface area contributed by atoms with E-state index in [0.29, 0.717) is 18.5 Å². The summed E-state index contributed by atoms with van der Waals surface area (Å²) in [5, 5.41) is 12.8. The molecule has 2 unspecified atom stereocenters. The van der Waals surface area contributed by atoms with Crippen molar-refractivity contribution in [2.24, 2.45) is 0 Å². The number of hydrogen-bond acceptors (Lipinski definition) is 4. The molecule has 0 spiro atoms. The topological polar surface area (TPSA) is 61.8 Å². The van der Waals surface area contributed by atoms with Gasteiger partial charge in [0.2, 0.25) is 0 Å². The molecule has 0 aliphatic heterocycles. The van der Waals surface area contributed by atoms with E-state index in [2.05, 4.69) is 24.1 Å². The first-order chi connectivity index (χ1) is 9.92. The van der Waals surface area contributed by atoms with Crippen LogP contribution >= 0.6 is 0 Å². The van der Waals surface area contributed by atoms with Crippen LogP contribution in [-0.2, 0) is 9.53 Å². The molecule has 2 N–H and O–H groups in total. The van der Waals surface area contributed by atoms with E-state index in [1.165, 1.54) is 0 Å². The molecule has 21 heavy (non-hydrogen) atoms. The zero-order valence-electron chi connectivity index (χ0n) is 14.0. The van der Waals surface area contributed by atoms with E-state index < -0.39 is 11.5 Å². The molecule has 1 fully saturated rings. The van der Waals surface area contributed by atoms with Crippen molar-refractivity contribution in [2.75, 3.05) is 26.8 Å². The van der Waals surface area contributed by atoms with Crippen LogP contribution in [0.4, 0.5) is 0 Å². The van der Waals surface area contributed by atoms with Crippen LogP contribution in [0.25, 0.3) is 0 Å². The summed E-state index contributed by atoms with van der Waals surface area (Å²) in [5.74, 6) is -0.735. The van der Waals surface area contributed by atoms with Crippen LogP contribution in [0.15, 0.2) is 0 Å². The van der Waals surface area contributed by atoms with E-state index in [9.17, 15) is 9.90 Å². The van der Waals surface area contributed by atoms with Crippen molar-refractivity contribution in [1.29, 1.82) is 0 Å². The Balaban J connectivity index is 2.43. The molecule has 124 valence electrons. The summed E-state index contributed by atoms with van der Waals surface area (Å²) in [6.45, 7) is 8.77. The van der Waals surface area contributed by atoms with Crippen molar-refractivity contribution < 1.29 is 14.6 Å². The van der Waals surface area contributed by atoms with Gasteiger partial charge in [0.05, 0.1) is 6.61 Å². The first-order valence-corrected chi connectivity index (χ1v) is 8.17. The second-order valence-electron chi connectivity index (χ2n) is 6.45. The Morgan fingerprint density at radius 2 is 2.14 bits per heavy atom. The Morgan fingerprint density at radius 1 is 1.48 bits per heavy atom. The van der Waals surface area contributed by atoms with Crippen molar-refractivity contribution in [3.05, 3.63) is 0 Å². The summed E-state index contributed by atoms with van der Waals surface area (Å²) in [5.41, 5.74) is -0.788. The van der Waals surface area contributed by atoms with E-state index in [4.69, 9.17) is 4.74 Å². The van der Waals surface area contributed by atoms with E-state index >= 15 is 0 Å². The van der Waals surface area contributed by atoms with Gasteiger partial charge in [0.25, 0.3) is 0 Å². The summed E-state index contributed by atoms with van der Waals surface area (Å²) in [6, 6.07) is 0.915. The van der Waals surface area contributed by atoms with Crippen molar-refractivity contribution in [1.82, 2.24) is 10.2 Å². The van der Waals surface area contributed by atoms with Gasteiger partial charge in [-0.05, 0) is 52.5 Å². The Bertz CT molecular complexity index is 321. The maximum absolute atomic E-state index is 11.5. The van der Waals surface area contributed by atoms with E-state index in [0.717, 1.165) is 45.4 Å².